The quantitative estimate of drug-likeness (QED) is 0.838. The fourth-order valence-electron chi connectivity index (χ4n) is 2.05. The lowest BCUT2D eigenvalue weighted by molar-refractivity contribution is 0.308. The van der Waals surface area contributed by atoms with Crippen LogP contribution >= 0.6 is 0 Å². The molecule has 2 heterocycles. The van der Waals surface area contributed by atoms with Crippen LogP contribution in [0.1, 0.15) is 0 Å². The number of aromatic nitrogens is 2. The molecule has 1 aliphatic rings. The van der Waals surface area contributed by atoms with Crippen molar-refractivity contribution in [2.75, 3.05) is 31.1 Å². The SMILES string of the molecule is c1ccc(-c2nonc2N2CCNCC2)cc1. The summed E-state index contributed by atoms with van der Waals surface area (Å²) in [5.74, 6) is 0.845. The number of nitrogens with one attached hydrogen (secondary N) is 1. The molecule has 0 bridgehead atoms. The van der Waals surface area contributed by atoms with E-state index in [9.17, 15) is 0 Å². The molecule has 0 aliphatic carbocycles. The van der Waals surface area contributed by atoms with Crippen LogP contribution in [-0.2, 0) is 0 Å². The van der Waals surface area contributed by atoms with Crippen molar-refractivity contribution in [2.24, 2.45) is 0 Å². The number of nitrogens with zero attached hydrogens (tertiary/aromatic N) is 3. The third kappa shape index (κ3) is 2.01. The maximum atomic E-state index is 4.89. The van der Waals surface area contributed by atoms with Crippen LogP contribution in [-0.4, -0.2) is 36.5 Å². The number of hydrogen-bond acceptors (Lipinski definition) is 5. The Balaban J connectivity index is 1.93. The molecule has 1 aromatic carbocycles. The summed E-state index contributed by atoms with van der Waals surface area (Å²) in [5.41, 5.74) is 1.87. The van der Waals surface area contributed by atoms with Crippen molar-refractivity contribution in [3.63, 3.8) is 0 Å². The summed E-state index contributed by atoms with van der Waals surface area (Å²) in [6.45, 7) is 3.82. The minimum Gasteiger partial charge on any atom is -0.349 e. The van der Waals surface area contributed by atoms with Crippen molar-refractivity contribution in [2.45, 2.75) is 0 Å². The molecule has 17 heavy (non-hydrogen) atoms. The van der Waals surface area contributed by atoms with Gasteiger partial charge >= 0.3 is 0 Å². The summed E-state index contributed by atoms with van der Waals surface area (Å²) >= 11 is 0. The van der Waals surface area contributed by atoms with Gasteiger partial charge < -0.3 is 10.2 Å². The molecule has 1 saturated heterocycles. The predicted molar refractivity (Wildman–Crippen MR) is 64.8 cm³/mol. The normalized spacial score (nSPS) is 16.1. The van der Waals surface area contributed by atoms with Crippen LogP contribution in [0.25, 0.3) is 11.3 Å². The fraction of sp³-hybridized carbons (Fsp3) is 0.333. The lowest BCUT2D eigenvalue weighted by Gasteiger charge is -2.27. The zero-order valence-electron chi connectivity index (χ0n) is 9.47. The maximum absolute atomic E-state index is 4.89. The van der Waals surface area contributed by atoms with E-state index in [-0.39, 0.29) is 0 Å². The standard InChI is InChI=1S/C12H14N4O/c1-2-4-10(5-3-1)11-12(15-17-14-11)16-8-6-13-7-9-16/h1-5,13H,6-9H2. The number of rotatable bonds is 2. The zero-order chi connectivity index (χ0) is 11.5. The van der Waals surface area contributed by atoms with E-state index < -0.39 is 0 Å². The lowest BCUT2D eigenvalue weighted by Crippen LogP contribution is -2.43. The highest BCUT2D eigenvalue weighted by Crippen LogP contribution is 2.26. The summed E-state index contributed by atoms with van der Waals surface area (Å²) in [5, 5.41) is 11.4. The Bertz CT molecular complexity index is 476. The van der Waals surface area contributed by atoms with Gasteiger partial charge in [-0.25, -0.2) is 4.63 Å². The molecule has 1 aliphatic heterocycles. The minimum absolute atomic E-state index is 0.826. The van der Waals surface area contributed by atoms with Crippen molar-refractivity contribution in [1.82, 2.24) is 15.6 Å². The van der Waals surface area contributed by atoms with Gasteiger partial charge in [0.2, 0.25) is 5.82 Å². The molecule has 1 fully saturated rings. The van der Waals surface area contributed by atoms with Crippen LogP contribution in [0.4, 0.5) is 5.82 Å². The minimum atomic E-state index is 0.826. The highest BCUT2D eigenvalue weighted by Gasteiger charge is 2.20. The summed E-state index contributed by atoms with van der Waals surface area (Å²) < 4.78 is 4.89. The van der Waals surface area contributed by atoms with Gasteiger partial charge in [0, 0.05) is 31.7 Å². The van der Waals surface area contributed by atoms with E-state index in [0.29, 0.717) is 0 Å². The monoisotopic (exact) mass is 230 g/mol. The average Bonchev–Trinajstić information content (AvgIpc) is 2.90. The highest BCUT2D eigenvalue weighted by atomic mass is 16.6. The van der Waals surface area contributed by atoms with Gasteiger partial charge in [-0.15, -0.1) is 0 Å². The largest absolute Gasteiger partial charge is 0.349 e. The molecule has 1 aromatic heterocycles. The van der Waals surface area contributed by atoms with Gasteiger partial charge in [-0.3, -0.25) is 0 Å². The van der Waals surface area contributed by atoms with Crippen LogP contribution in [0.5, 0.6) is 0 Å². The predicted octanol–water partition coefficient (Wildman–Crippen LogP) is 1.15. The molecule has 5 heteroatoms. The van der Waals surface area contributed by atoms with Crippen molar-refractivity contribution in [3.05, 3.63) is 30.3 Å². The Morgan fingerprint density at radius 1 is 1.06 bits per heavy atom. The highest BCUT2D eigenvalue weighted by molar-refractivity contribution is 5.71. The molecule has 3 rings (SSSR count). The molecule has 2 aromatic rings. The Hall–Kier alpha value is -1.88. The second kappa shape index (κ2) is 4.55. The van der Waals surface area contributed by atoms with Crippen LogP contribution in [0.15, 0.2) is 35.0 Å². The molecule has 0 amide bonds. The summed E-state index contributed by atoms with van der Waals surface area (Å²) in [6.07, 6.45) is 0. The summed E-state index contributed by atoms with van der Waals surface area (Å²) in [7, 11) is 0. The summed E-state index contributed by atoms with van der Waals surface area (Å²) in [6, 6.07) is 10.0. The van der Waals surface area contributed by atoms with E-state index in [0.717, 1.165) is 43.3 Å². The number of anilines is 1. The van der Waals surface area contributed by atoms with E-state index in [4.69, 9.17) is 4.63 Å². The number of benzene rings is 1. The lowest BCUT2D eigenvalue weighted by atomic mass is 10.1. The van der Waals surface area contributed by atoms with Gasteiger partial charge in [0.25, 0.3) is 0 Å². The van der Waals surface area contributed by atoms with Crippen LogP contribution in [0.3, 0.4) is 0 Å². The van der Waals surface area contributed by atoms with Gasteiger partial charge in [0.05, 0.1) is 0 Å². The fourth-order valence-corrected chi connectivity index (χ4v) is 2.05. The second-order valence-corrected chi connectivity index (χ2v) is 4.04. The van der Waals surface area contributed by atoms with Gasteiger partial charge in [0.1, 0.15) is 0 Å². The van der Waals surface area contributed by atoms with Crippen LogP contribution in [0.2, 0.25) is 0 Å². The number of piperazine rings is 1. The van der Waals surface area contributed by atoms with Gasteiger partial charge in [-0.05, 0) is 10.3 Å². The molecule has 88 valence electrons. The van der Waals surface area contributed by atoms with Gasteiger partial charge in [-0.1, -0.05) is 30.3 Å². The summed E-state index contributed by atoms with van der Waals surface area (Å²) in [4.78, 5) is 2.20. The van der Waals surface area contributed by atoms with Gasteiger partial charge in [-0.2, -0.15) is 0 Å². The first-order valence-electron chi connectivity index (χ1n) is 5.79. The van der Waals surface area contributed by atoms with Crippen molar-refractivity contribution >= 4 is 5.82 Å². The Labute approximate surface area is 99.4 Å². The van der Waals surface area contributed by atoms with E-state index in [2.05, 4.69) is 20.5 Å². The maximum Gasteiger partial charge on any atom is 0.201 e. The molecule has 0 spiro atoms. The third-order valence-corrected chi connectivity index (χ3v) is 2.93. The molecular weight excluding hydrogens is 216 g/mol. The molecule has 0 radical (unpaired) electrons. The first kappa shape index (κ1) is 10.3. The average molecular weight is 230 g/mol. The Morgan fingerprint density at radius 2 is 1.82 bits per heavy atom. The zero-order valence-corrected chi connectivity index (χ0v) is 9.47. The third-order valence-electron chi connectivity index (χ3n) is 2.93. The first-order chi connectivity index (χ1) is 8.45. The van der Waals surface area contributed by atoms with Crippen molar-refractivity contribution < 1.29 is 4.63 Å². The Kier molecular flexibility index (Phi) is 2.75. The van der Waals surface area contributed by atoms with Crippen LogP contribution in [0, 0.1) is 0 Å². The van der Waals surface area contributed by atoms with E-state index >= 15 is 0 Å². The topological polar surface area (TPSA) is 54.2 Å². The molecule has 0 saturated carbocycles. The second-order valence-electron chi connectivity index (χ2n) is 4.04. The van der Waals surface area contributed by atoms with Gasteiger partial charge in [0.15, 0.2) is 5.69 Å². The molecule has 5 nitrogen and oxygen atoms in total. The molecule has 0 unspecified atom stereocenters. The molecule has 0 atom stereocenters. The molecular formula is C12H14N4O. The Morgan fingerprint density at radius 3 is 2.59 bits per heavy atom. The smallest absolute Gasteiger partial charge is 0.201 e. The van der Waals surface area contributed by atoms with Crippen molar-refractivity contribution in [1.29, 1.82) is 0 Å². The van der Waals surface area contributed by atoms with E-state index in [1.165, 1.54) is 0 Å². The first-order valence-corrected chi connectivity index (χ1v) is 5.79. The van der Waals surface area contributed by atoms with E-state index in [1.54, 1.807) is 0 Å². The van der Waals surface area contributed by atoms with Crippen molar-refractivity contribution in [3.8, 4) is 11.3 Å². The van der Waals surface area contributed by atoms with E-state index in [1.807, 2.05) is 30.3 Å². The molecule has 1 N–H and O–H groups in total. The van der Waals surface area contributed by atoms with Crippen LogP contribution < -0.4 is 10.2 Å². The number of hydrogen-bond donors (Lipinski definition) is 1.